The van der Waals surface area contributed by atoms with Crippen LogP contribution in [0.5, 0.6) is 0 Å². The van der Waals surface area contributed by atoms with Gasteiger partial charge in [-0.05, 0) is 213 Å². The first-order valence-electron chi connectivity index (χ1n) is 28.4. The molecule has 16 heteroatoms. The second-order valence-electron chi connectivity index (χ2n) is 21.7. The van der Waals surface area contributed by atoms with Gasteiger partial charge in [0.2, 0.25) is 0 Å². The first-order valence-corrected chi connectivity index (χ1v) is 41.4. The minimum absolute atomic E-state index is 1.30. The Morgan fingerprint density at radius 1 is 0.136 bits per heavy atom. The quantitative estimate of drug-likeness (QED) is 0.0960. The molecule has 16 rings (SSSR count). The van der Waals surface area contributed by atoms with Gasteiger partial charge in [-0.25, -0.2) is 0 Å². The number of thiophene rings is 16. The molecule has 0 radical (unpaired) electrons. The van der Waals surface area contributed by atoms with Crippen LogP contribution in [0.15, 0.2) is 158 Å². The SMILES string of the molecule is Cc1ccc(-c2cc(-c3cc(-c4ccc(-c5ccc(-c6cc(-c7cc(-c8ccc(C)s8)c(-c8ccc(C)s8)s7)c(-c7cc(-c8ccc(C)s8)c(-c8ccc(C)s8)s7)s6)s5)s4)sc3-c3cc(-c4ccc(C)s4)c(-c4ccc(C)s4)s3)sc2-c2ccc(C)s2)s1. The highest BCUT2D eigenvalue weighted by Gasteiger charge is 2.28. The van der Waals surface area contributed by atoms with Crippen molar-refractivity contribution in [3.05, 3.63) is 197 Å². The summed E-state index contributed by atoms with van der Waals surface area (Å²) in [6.07, 6.45) is 0. The van der Waals surface area contributed by atoms with E-state index in [0.29, 0.717) is 0 Å². The molecular formula is C72H50S16. The lowest BCUT2D eigenvalue weighted by Crippen LogP contribution is -1.72. The Kier molecular flexibility index (Phi) is 15.7. The molecule has 0 N–H and O–H groups in total. The minimum Gasteiger partial charge on any atom is -0.141 e. The summed E-state index contributed by atoms with van der Waals surface area (Å²) >= 11 is 30.8. The molecule has 0 atom stereocenters. The van der Waals surface area contributed by atoms with Crippen LogP contribution in [0.2, 0.25) is 0 Å². The molecule has 16 aromatic rings. The zero-order valence-electron chi connectivity index (χ0n) is 48.5. The van der Waals surface area contributed by atoms with E-state index in [1.54, 1.807) is 0 Å². The summed E-state index contributed by atoms with van der Waals surface area (Å²) in [5.41, 5.74) is 8.00. The average molecular weight is 1430 g/mol. The van der Waals surface area contributed by atoms with E-state index in [2.05, 4.69) is 213 Å². The van der Waals surface area contributed by atoms with Crippen LogP contribution >= 0.6 is 181 Å². The van der Waals surface area contributed by atoms with Crippen LogP contribution in [0, 0.1) is 55.4 Å². The van der Waals surface area contributed by atoms with Crippen LogP contribution < -0.4 is 0 Å². The number of aryl methyl sites for hydroxylation is 8. The van der Waals surface area contributed by atoms with Crippen LogP contribution in [-0.4, -0.2) is 0 Å². The minimum atomic E-state index is 1.30. The Balaban J connectivity index is 0.812. The highest BCUT2D eigenvalue weighted by Crippen LogP contribution is 2.59. The van der Waals surface area contributed by atoms with Gasteiger partial charge in [-0.3, -0.25) is 0 Å². The van der Waals surface area contributed by atoms with Crippen LogP contribution in [-0.2, 0) is 0 Å². The highest BCUT2D eigenvalue weighted by atomic mass is 32.2. The van der Waals surface area contributed by atoms with Crippen molar-refractivity contribution in [1.82, 2.24) is 0 Å². The van der Waals surface area contributed by atoms with Gasteiger partial charge in [-0.2, -0.15) is 0 Å². The van der Waals surface area contributed by atoms with E-state index in [0.717, 1.165) is 0 Å². The lowest BCUT2D eigenvalue weighted by molar-refractivity contribution is 1.64. The number of rotatable bonds is 15. The smallest absolute Gasteiger partial charge is 0.0536 e. The van der Waals surface area contributed by atoms with Gasteiger partial charge in [-0.15, -0.1) is 181 Å². The van der Waals surface area contributed by atoms with Crippen LogP contribution in [0.3, 0.4) is 0 Å². The van der Waals surface area contributed by atoms with Gasteiger partial charge in [0.05, 0.1) is 29.3 Å². The molecule has 0 saturated heterocycles. The Hall–Kier alpha value is -4.80. The Bertz CT molecular complexity index is 4390. The van der Waals surface area contributed by atoms with Crippen LogP contribution in [0.4, 0.5) is 0 Å². The largest absolute Gasteiger partial charge is 0.141 e. The van der Waals surface area contributed by atoms with Gasteiger partial charge in [0.25, 0.3) is 0 Å². The first-order chi connectivity index (χ1) is 42.7. The summed E-state index contributed by atoms with van der Waals surface area (Å²) in [6, 6.07) is 61.4. The maximum Gasteiger partial charge on any atom is 0.0536 e. The molecule has 16 aromatic heterocycles. The van der Waals surface area contributed by atoms with Crippen LogP contribution in [0.1, 0.15) is 39.0 Å². The van der Waals surface area contributed by atoms with E-state index in [1.165, 1.54) is 189 Å². The number of hydrogen-bond acceptors (Lipinski definition) is 16. The second-order valence-corrected chi connectivity index (χ2v) is 40.5. The first kappa shape index (κ1) is 58.3. The van der Waals surface area contributed by atoms with Crippen molar-refractivity contribution in [2.24, 2.45) is 0 Å². The van der Waals surface area contributed by atoms with Gasteiger partial charge in [0.15, 0.2) is 0 Å². The van der Waals surface area contributed by atoms with Crippen molar-refractivity contribution in [2.45, 2.75) is 55.4 Å². The van der Waals surface area contributed by atoms with Crippen LogP contribution in [0.25, 0.3) is 150 Å². The van der Waals surface area contributed by atoms with E-state index >= 15 is 0 Å². The fraction of sp³-hybridized carbons (Fsp3) is 0.111. The monoisotopic (exact) mass is 1430 g/mol. The van der Waals surface area contributed by atoms with Crippen molar-refractivity contribution in [1.29, 1.82) is 0 Å². The molecular weight excluding hydrogens is 1380 g/mol. The summed E-state index contributed by atoms with van der Waals surface area (Å²) in [4.78, 5) is 42.7. The predicted molar refractivity (Wildman–Crippen MR) is 412 cm³/mol. The highest BCUT2D eigenvalue weighted by molar-refractivity contribution is 7.33. The van der Waals surface area contributed by atoms with Crippen molar-refractivity contribution in [3.63, 3.8) is 0 Å². The zero-order chi connectivity index (χ0) is 59.6. The second kappa shape index (κ2) is 23.7. The molecule has 434 valence electrons. The van der Waals surface area contributed by atoms with Gasteiger partial charge >= 0.3 is 0 Å². The third kappa shape index (κ3) is 11.1. The lowest BCUT2D eigenvalue weighted by Gasteiger charge is -1.99. The molecule has 0 fully saturated rings. The fourth-order valence-electron chi connectivity index (χ4n) is 11.0. The fourth-order valence-corrected chi connectivity index (χ4v) is 28.5. The lowest BCUT2D eigenvalue weighted by atomic mass is 10.1. The molecule has 16 heterocycles. The van der Waals surface area contributed by atoms with E-state index in [9.17, 15) is 0 Å². The van der Waals surface area contributed by atoms with E-state index in [4.69, 9.17) is 0 Å². The third-order valence-electron chi connectivity index (χ3n) is 15.2. The summed E-state index contributed by atoms with van der Waals surface area (Å²) in [5, 5.41) is 0. The van der Waals surface area contributed by atoms with E-state index < -0.39 is 0 Å². The molecule has 0 amide bonds. The van der Waals surface area contributed by atoms with Gasteiger partial charge in [-0.1, -0.05) is 0 Å². The predicted octanol–water partition coefficient (Wildman–Crippen LogP) is 30.1. The van der Waals surface area contributed by atoms with Crippen molar-refractivity contribution < 1.29 is 0 Å². The summed E-state index contributed by atoms with van der Waals surface area (Å²) < 4.78 is 0. The van der Waals surface area contributed by atoms with Crippen molar-refractivity contribution in [2.75, 3.05) is 0 Å². The maximum atomic E-state index is 2.52. The molecule has 0 aliphatic carbocycles. The molecule has 0 aromatic carbocycles. The standard InChI is InChI=1S/C72H50S16/c1-35-9-17-49(73-35)43-29-61(83-67(43)57-21-13-39(5)77-57)47-31-63(85-71(47)65-33-45(51-19-11-37(3)75-51)69(87-65)59-23-15-41(7)79-59)55-27-25-53(81-55)54-26-28-56(82-54)64-32-48(62-30-44(50-18-10-36(2)74-50)68(84-62)58-22-14-40(6)78-58)72(86-64)66-34-46(52-20-12-38(4)76-52)70(88-66)60-24-16-42(8)80-60/h9-34H,1-8H3. The third-order valence-corrected chi connectivity index (χ3v) is 34.0. The normalized spacial score (nSPS) is 11.9. The molecule has 0 nitrogen and oxygen atoms in total. The molecule has 0 saturated carbocycles. The summed E-state index contributed by atoms with van der Waals surface area (Å²) in [6.45, 7) is 17.8. The van der Waals surface area contributed by atoms with Gasteiger partial charge < -0.3 is 0 Å². The molecule has 0 aliphatic heterocycles. The molecule has 88 heavy (non-hydrogen) atoms. The zero-order valence-corrected chi connectivity index (χ0v) is 61.6. The maximum absolute atomic E-state index is 2.52. The topological polar surface area (TPSA) is 0 Å². The van der Waals surface area contributed by atoms with Crippen molar-refractivity contribution in [3.8, 4) is 150 Å². The average Bonchev–Trinajstić information content (AvgIpc) is 2.50. The van der Waals surface area contributed by atoms with Gasteiger partial charge in [0.1, 0.15) is 0 Å². The molecule has 0 unspecified atom stereocenters. The Morgan fingerprint density at radius 2 is 0.307 bits per heavy atom. The molecule has 0 aliphatic rings. The van der Waals surface area contributed by atoms with Gasteiger partial charge in [0, 0.05) is 160 Å². The molecule has 0 spiro atoms. The van der Waals surface area contributed by atoms with Crippen molar-refractivity contribution >= 4 is 181 Å². The molecule has 0 bridgehead atoms. The number of hydrogen-bond donors (Lipinski definition) is 0. The van der Waals surface area contributed by atoms with E-state index in [-0.39, 0.29) is 0 Å². The Morgan fingerprint density at radius 3 is 0.557 bits per heavy atom. The summed E-state index contributed by atoms with van der Waals surface area (Å²) in [7, 11) is 0. The Labute approximate surface area is 576 Å². The summed E-state index contributed by atoms with van der Waals surface area (Å²) in [5.74, 6) is 0. The van der Waals surface area contributed by atoms with E-state index in [1.807, 2.05) is 181 Å².